The highest BCUT2D eigenvalue weighted by molar-refractivity contribution is 5.17. The minimum Gasteiger partial charge on any atom is -0.264 e. The van der Waals surface area contributed by atoms with Gasteiger partial charge in [0.05, 0.1) is 81.7 Å². The molecule has 0 aliphatic carbocycles. The third-order valence-corrected chi connectivity index (χ3v) is 14.9. The highest BCUT2D eigenvalue weighted by Gasteiger charge is 1.94. The Bertz CT molecular complexity index is 4230. The second-order valence-corrected chi connectivity index (χ2v) is 29.3. The monoisotopic (exact) mass is 1820 g/mol. The second kappa shape index (κ2) is 77.2. The van der Waals surface area contributed by atoms with Crippen molar-refractivity contribution >= 4 is 0 Å². The topological polar surface area (TPSA) is 387 Å². The van der Waals surface area contributed by atoms with Gasteiger partial charge in [-0.3, -0.25) is 44.9 Å². The normalized spacial score (nSPS) is 8.84. The van der Waals surface area contributed by atoms with Crippen LogP contribution in [0.5, 0.6) is 0 Å². The maximum Gasteiger partial charge on any atom is 0.148 e. The Labute approximate surface area is 803 Å². The summed E-state index contributed by atoms with van der Waals surface area (Å²) in [4.78, 5) is 79.9. The summed E-state index contributed by atoms with van der Waals surface area (Å²) in [5.41, 5.74) is 27.5. The molecule has 0 saturated carbocycles. The summed E-state index contributed by atoms with van der Waals surface area (Å²) < 4.78 is 0. The van der Waals surface area contributed by atoms with Gasteiger partial charge in [0.1, 0.15) is 41.3 Å². The Kier molecular flexibility index (Phi) is 75.0. The van der Waals surface area contributed by atoms with Crippen LogP contribution in [0.3, 0.4) is 0 Å². The molecule has 30 heteroatoms. The van der Waals surface area contributed by atoms with Crippen molar-refractivity contribution in [3.63, 3.8) is 0 Å². The molecule has 16 rings (SSSR count). The fourth-order valence-electron chi connectivity index (χ4n) is 8.63. The lowest BCUT2D eigenvalue weighted by molar-refractivity contribution is 0.874. The number of aryl methyl sites for hydroxylation is 32. The highest BCUT2D eigenvalue weighted by Crippen LogP contribution is 2.03. The molecule has 0 atom stereocenters. The number of pyridine rings is 5. The maximum absolute atomic E-state index is 4.17. The molecule has 0 saturated heterocycles. The first kappa shape index (κ1) is 130. The van der Waals surface area contributed by atoms with Crippen molar-refractivity contribution in [3.05, 3.63) is 391 Å². The van der Waals surface area contributed by atoms with E-state index in [1.54, 1.807) is 62.1 Å². The Morgan fingerprint density at radius 1 is 0.149 bits per heavy atom. The van der Waals surface area contributed by atoms with E-state index >= 15 is 0 Å². The van der Waals surface area contributed by atoms with Gasteiger partial charge in [-0.25, -0.2) is 54.8 Å². The summed E-state index contributed by atoms with van der Waals surface area (Å²) in [5.74, 6) is 4.66. The van der Waals surface area contributed by atoms with Crippen molar-refractivity contribution in [3.8, 4) is 0 Å². The van der Waals surface area contributed by atoms with Gasteiger partial charge in [0.15, 0.2) is 0 Å². The lowest BCUT2D eigenvalue weighted by atomic mass is 10.2. The van der Waals surface area contributed by atoms with Crippen LogP contribution < -0.4 is 0 Å². The van der Waals surface area contributed by atoms with Crippen LogP contribution in [0.2, 0.25) is 0 Å². The fourth-order valence-corrected chi connectivity index (χ4v) is 8.63. The van der Waals surface area contributed by atoms with E-state index in [9.17, 15) is 0 Å². The summed E-state index contributed by atoms with van der Waals surface area (Å²) in [6, 6.07) is 30.0. The minimum absolute atomic E-state index is 0. The van der Waals surface area contributed by atoms with Gasteiger partial charge >= 0.3 is 0 Å². The minimum atomic E-state index is 0. The van der Waals surface area contributed by atoms with Crippen molar-refractivity contribution in [1.29, 1.82) is 0 Å². The average molecular weight is 1820 g/mol. The molecule has 0 fully saturated rings. The molecule has 0 unspecified atom stereocenters. The summed E-state index contributed by atoms with van der Waals surface area (Å²) in [5, 5.41) is 37.5. The number of hydrogen-bond acceptors (Lipinski definition) is 30. The van der Waals surface area contributed by atoms with E-state index in [1.807, 2.05) is 337 Å². The Morgan fingerprint density at radius 3 is 0.739 bits per heavy atom. The highest BCUT2D eigenvalue weighted by atomic mass is 15.2. The van der Waals surface area contributed by atoms with Crippen molar-refractivity contribution in [2.75, 3.05) is 0 Å². The van der Waals surface area contributed by atoms with E-state index in [0.717, 1.165) is 154 Å². The van der Waals surface area contributed by atoms with Crippen molar-refractivity contribution in [1.82, 2.24) is 151 Å². The molecule has 0 aliphatic rings. The molecule has 0 aromatic carbocycles. The van der Waals surface area contributed by atoms with E-state index in [0.29, 0.717) is 0 Å². The molecule has 16 heterocycles. The first-order chi connectivity index (χ1) is 60.6. The van der Waals surface area contributed by atoms with Gasteiger partial charge in [-0.1, -0.05) is 68.8 Å². The molecule has 0 bridgehead atoms. The van der Waals surface area contributed by atoms with E-state index < -0.39 is 0 Å². The largest absolute Gasteiger partial charge is 0.264 e. The number of rotatable bonds is 0. The molecule has 30 nitrogen and oxygen atoms in total. The predicted octanol–water partition coefficient (Wildman–Crippen LogP) is 22.5. The van der Waals surface area contributed by atoms with Crippen LogP contribution in [0, 0.1) is 222 Å². The van der Waals surface area contributed by atoms with Crippen molar-refractivity contribution < 1.29 is 0 Å². The zero-order valence-electron chi connectivity index (χ0n) is 81.0. The van der Waals surface area contributed by atoms with Gasteiger partial charge in [-0.05, 0) is 333 Å². The van der Waals surface area contributed by atoms with Gasteiger partial charge in [0, 0.05) is 132 Å². The molecular weight excluding hydrogens is 1670 g/mol. The van der Waals surface area contributed by atoms with Crippen LogP contribution in [0.1, 0.15) is 227 Å². The van der Waals surface area contributed by atoms with Gasteiger partial charge in [-0.15, -0.1) is 15.3 Å². The maximum atomic E-state index is 4.17. The number of hydrogen-bond donors (Lipinski definition) is 0. The quantitative estimate of drug-likeness (QED) is 0.136. The Hall–Kier alpha value is -14.6. The van der Waals surface area contributed by atoms with Gasteiger partial charge in [0.2, 0.25) is 0 Å². The molecule has 0 radical (unpaired) electrons. The summed E-state index contributed by atoms with van der Waals surface area (Å²) in [7, 11) is 0. The van der Waals surface area contributed by atoms with Gasteiger partial charge in [0.25, 0.3) is 0 Å². The van der Waals surface area contributed by atoms with Crippen LogP contribution in [-0.4, -0.2) is 151 Å². The molecule has 0 amide bonds. The molecule has 16 aromatic rings. The fraction of sp³-hybridized carbons (Fsp3) is 0.365. The van der Waals surface area contributed by atoms with Crippen LogP contribution in [0.15, 0.2) is 209 Å². The zero-order chi connectivity index (χ0) is 95.7. The second-order valence-electron chi connectivity index (χ2n) is 29.3. The Balaban J connectivity index is -0.000000325. The van der Waals surface area contributed by atoms with Crippen LogP contribution in [0.25, 0.3) is 0 Å². The molecule has 0 aliphatic heterocycles. The third kappa shape index (κ3) is 75.3. The van der Waals surface area contributed by atoms with Crippen LogP contribution in [0.4, 0.5) is 0 Å². The van der Waals surface area contributed by atoms with E-state index in [2.05, 4.69) is 182 Å². The summed E-state index contributed by atoms with van der Waals surface area (Å²) in [6.07, 6.45) is 33.6. The smallest absolute Gasteiger partial charge is 0.148 e. The number of aromatic nitrogens is 30. The predicted molar refractivity (Wildman–Crippen MR) is 549 cm³/mol. The third-order valence-electron chi connectivity index (χ3n) is 14.9. The van der Waals surface area contributed by atoms with Gasteiger partial charge in [-0.2, -0.15) is 35.7 Å². The molecule has 720 valence electrons. The molecule has 0 spiro atoms. The number of nitrogens with zero attached hydrogens (tertiary/aromatic N) is 30. The van der Waals surface area contributed by atoms with E-state index in [-0.39, 0.29) is 44.6 Å². The average Bonchev–Trinajstić information content (AvgIpc) is 0.945. The standard InChI is InChI=1S/5C7H9N.8C6H8N2.3C5H7N3.6CH4/c1-6-3-7(2)5-8-4-6;1-6-3-4-8-7(2)5-6;2*1-6-3-4-7(2)8-5-6;1-6-4-3-5-7(2)8-6;1-5-3-8-6(2)4-7-5;1-5-3-7-4-6(2)8-5;1-5-3-6(2)8-4-7-5;2*1-5-3-7-6(2)8-4-5;1-5-3-6(2)8-7-4-5;1-5-3-4-7-6(2)8-5;1-5-3-4-6(2)8-7-5;1-4-3-6-8-5(2)7-4;2*1-4-3-6-5(2)8-7-4;;;;;;/h5*3-5H,1-2H3;8*3-4H,1-2H3;3*3H,1-2H3;6*1H4. The van der Waals surface area contributed by atoms with Crippen molar-refractivity contribution in [2.24, 2.45) is 0 Å². The lowest BCUT2D eigenvalue weighted by Crippen LogP contribution is -1.91. The molecule has 16 aromatic heterocycles. The Morgan fingerprint density at radius 2 is 0.493 bits per heavy atom. The van der Waals surface area contributed by atoms with Gasteiger partial charge < -0.3 is 0 Å². The van der Waals surface area contributed by atoms with E-state index in [1.165, 1.54) is 27.8 Å². The summed E-state index contributed by atoms with van der Waals surface area (Å²) >= 11 is 0. The SMILES string of the molecule is C.C.C.C.C.C.Cc1cc(C)ncn1.Cc1ccc(C)nc1.Cc1ccc(C)nc1.Cc1ccc(C)nn1.Cc1cccc(C)n1.Cc1ccnc(C)c1.Cc1ccnc(C)n1.Cc1cnc(C)cn1.Cc1cnc(C)nc1.Cc1cnc(C)nc1.Cc1cnc(C)nn1.Cc1cnc(C)nn1.Cc1cncc(C)c1.Cc1cncc(C)n1.Cc1cnnc(C)c1.Cc1cnnc(C)n1. The van der Waals surface area contributed by atoms with Crippen molar-refractivity contribution in [2.45, 2.75) is 266 Å². The summed E-state index contributed by atoms with van der Waals surface area (Å²) in [6.45, 7) is 62.1. The van der Waals surface area contributed by atoms with Crippen LogP contribution in [-0.2, 0) is 0 Å². The molecule has 134 heavy (non-hydrogen) atoms. The van der Waals surface area contributed by atoms with Crippen LogP contribution >= 0.6 is 0 Å². The molecule has 0 N–H and O–H groups in total. The first-order valence-corrected chi connectivity index (χ1v) is 41.0. The lowest BCUT2D eigenvalue weighted by Gasteiger charge is -1.90. The molecular formula is C104H154N30. The zero-order valence-corrected chi connectivity index (χ0v) is 81.0. The first-order valence-electron chi connectivity index (χ1n) is 41.0. The van der Waals surface area contributed by atoms with E-state index in [4.69, 9.17) is 0 Å².